The lowest BCUT2D eigenvalue weighted by Crippen LogP contribution is -2.46. The molecule has 11 heteroatoms. The summed E-state index contributed by atoms with van der Waals surface area (Å²) in [4.78, 5) is 27.1. The van der Waals surface area contributed by atoms with Crippen LogP contribution in [0.15, 0.2) is 59.5 Å². The van der Waals surface area contributed by atoms with E-state index in [2.05, 4.69) is 4.98 Å². The van der Waals surface area contributed by atoms with Gasteiger partial charge in [-0.15, -0.1) is 0 Å². The van der Waals surface area contributed by atoms with Gasteiger partial charge in [0.05, 0.1) is 11.0 Å². The summed E-state index contributed by atoms with van der Waals surface area (Å²) in [6, 6.07) is 10.9. The number of aromatic nitrogens is 3. The van der Waals surface area contributed by atoms with Crippen molar-refractivity contribution in [3.05, 3.63) is 87.1 Å². The number of imidazole rings is 1. The molecular formula is C25H21ClF3N3O4. The van der Waals surface area contributed by atoms with Crippen LogP contribution in [0.25, 0.3) is 22.2 Å². The Labute approximate surface area is 208 Å². The molecule has 0 saturated carbocycles. The van der Waals surface area contributed by atoms with E-state index in [0.717, 1.165) is 6.07 Å². The first-order valence-corrected chi connectivity index (χ1v) is 11.1. The van der Waals surface area contributed by atoms with Gasteiger partial charge in [0.15, 0.2) is 5.60 Å². The number of benzene rings is 2. The molecule has 0 saturated heterocycles. The molecule has 0 aliphatic heterocycles. The topological polar surface area (TPSA) is 97.3 Å². The minimum Gasteiger partial charge on any atom is -0.477 e. The van der Waals surface area contributed by atoms with Crippen LogP contribution in [0.1, 0.15) is 34.5 Å². The summed E-state index contributed by atoms with van der Waals surface area (Å²) >= 11 is 6.40. The van der Waals surface area contributed by atoms with E-state index in [1.165, 1.54) is 78.8 Å². The summed E-state index contributed by atoms with van der Waals surface area (Å²) in [6.07, 6.45) is -3.75. The molecule has 0 spiro atoms. The number of carbonyl (C=O) groups is 1. The Kier molecular flexibility index (Phi) is 6.22. The molecule has 2 N–H and O–H groups in total. The van der Waals surface area contributed by atoms with Crippen molar-refractivity contribution in [2.45, 2.75) is 24.6 Å². The van der Waals surface area contributed by atoms with Crippen molar-refractivity contribution < 1.29 is 28.2 Å². The van der Waals surface area contributed by atoms with E-state index in [1.807, 2.05) is 0 Å². The van der Waals surface area contributed by atoms with Gasteiger partial charge in [-0.25, -0.2) is 14.6 Å². The second-order valence-electron chi connectivity index (χ2n) is 8.56. The molecule has 2 atom stereocenters. The van der Waals surface area contributed by atoms with Crippen LogP contribution in [0.4, 0.5) is 13.2 Å². The molecule has 0 bridgehead atoms. The minimum atomic E-state index is -5.08. The number of rotatable bonds is 5. The van der Waals surface area contributed by atoms with Gasteiger partial charge in [-0.1, -0.05) is 42.8 Å². The molecular weight excluding hydrogens is 499 g/mol. The van der Waals surface area contributed by atoms with Gasteiger partial charge >= 0.3 is 17.8 Å². The van der Waals surface area contributed by atoms with Crippen molar-refractivity contribution in [3.63, 3.8) is 0 Å². The molecule has 2 aromatic carbocycles. The van der Waals surface area contributed by atoms with Crippen LogP contribution in [0, 0.1) is 0 Å². The van der Waals surface area contributed by atoms with Crippen molar-refractivity contribution in [2.24, 2.45) is 14.1 Å². The van der Waals surface area contributed by atoms with E-state index in [9.17, 15) is 27.9 Å². The van der Waals surface area contributed by atoms with E-state index >= 15 is 0 Å². The van der Waals surface area contributed by atoms with Crippen molar-refractivity contribution in [2.75, 3.05) is 0 Å². The number of aromatic carboxylic acids is 1. The normalized spacial score (nSPS) is 14.6. The first kappa shape index (κ1) is 25.5. The number of halogens is 4. The van der Waals surface area contributed by atoms with Gasteiger partial charge in [-0.2, -0.15) is 13.2 Å². The summed E-state index contributed by atoms with van der Waals surface area (Å²) in [7, 11) is 2.95. The Morgan fingerprint density at radius 3 is 2.19 bits per heavy atom. The number of nitrogens with zero attached hydrogens (tertiary/aromatic N) is 3. The van der Waals surface area contributed by atoms with Crippen LogP contribution in [0.5, 0.6) is 0 Å². The molecule has 2 unspecified atom stereocenters. The summed E-state index contributed by atoms with van der Waals surface area (Å²) in [5.74, 6) is -2.71. The van der Waals surface area contributed by atoms with Crippen molar-refractivity contribution in [3.8, 4) is 11.1 Å². The second kappa shape index (κ2) is 8.79. The van der Waals surface area contributed by atoms with Crippen molar-refractivity contribution in [1.82, 2.24) is 14.1 Å². The van der Waals surface area contributed by atoms with E-state index in [4.69, 9.17) is 16.7 Å². The third-order valence-corrected chi connectivity index (χ3v) is 6.88. The molecule has 2 heterocycles. The van der Waals surface area contributed by atoms with Gasteiger partial charge < -0.3 is 10.2 Å². The maximum Gasteiger partial charge on any atom is 0.422 e. The highest BCUT2D eigenvalue weighted by molar-refractivity contribution is 6.31. The zero-order valence-corrected chi connectivity index (χ0v) is 20.1. The molecule has 7 nitrogen and oxygen atoms in total. The summed E-state index contributed by atoms with van der Waals surface area (Å²) < 4.78 is 45.9. The molecule has 0 radical (unpaired) electrons. The lowest BCUT2D eigenvalue weighted by molar-refractivity contribution is -0.274. The Balaban J connectivity index is 1.80. The predicted octanol–water partition coefficient (Wildman–Crippen LogP) is 4.84. The number of carboxylic acids is 1. The fraction of sp³-hybridized carbons (Fsp3) is 0.240. The first-order valence-electron chi connectivity index (χ1n) is 10.7. The molecule has 0 aliphatic rings. The highest BCUT2D eigenvalue weighted by Gasteiger charge is 2.59. The SMILES string of the molecule is CC(c1ccc(-c2ccc(C(=O)O)nc2)cc1Cl)C(O)(c1ccc2c(c1)n(C)c(=O)n2C)C(F)(F)F. The van der Waals surface area contributed by atoms with Gasteiger partial charge in [0.2, 0.25) is 0 Å². The molecule has 0 fully saturated rings. The molecule has 2 aromatic heterocycles. The monoisotopic (exact) mass is 519 g/mol. The number of pyridine rings is 1. The smallest absolute Gasteiger partial charge is 0.422 e. The fourth-order valence-electron chi connectivity index (χ4n) is 4.38. The molecule has 0 amide bonds. The maximum absolute atomic E-state index is 14.5. The predicted molar refractivity (Wildman–Crippen MR) is 128 cm³/mol. The Morgan fingerprint density at radius 2 is 1.64 bits per heavy atom. The zero-order valence-electron chi connectivity index (χ0n) is 19.3. The molecule has 4 aromatic rings. The van der Waals surface area contributed by atoms with E-state index in [-0.39, 0.29) is 21.8 Å². The molecule has 188 valence electrons. The second-order valence-corrected chi connectivity index (χ2v) is 8.97. The van der Waals surface area contributed by atoms with Crippen LogP contribution in [-0.4, -0.2) is 36.5 Å². The fourth-order valence-corrected chi connectivity index (χ4v) is 4.72. The number of alkyl halides is 3. The standard InChI is InChI=1S/C25H21ClF3N3O4/c1-13(17-7-4-14(10-18(17)26)15-5-8-19(22(33)34)30-12-15)24(36,25(27,28)29)16-6-9-20-21(11-16)32(3)23(35)31(20)2/h4-13,36H,1-3H3,(H,33,34). The molecule has 0 aliphatic carbocycles. The van der Waals surface area contributed by atoms with Gasteiger partial charge in [0.1, 0.15) is 5.69 Å². The van der Waals surface area contributed by atoms with Crippen LogP contribution in [0.3, 0.4) is 0 Å². The Hall–Kier alpha value is -3.63. The highest BCUT2D eigenvalue weighted by atomic mass is 35.5. The van der Waals surface area contributed by atoms with Crippen LogP contribution in [0.2, 0.25) is 5.02 Å². The number of aliphatic hydroxyl groups is 1. The van der Waals surface area contributed by atoms with Crippen LogP contribution in [-0.2, 0) is 19.7 Å². The van der Waals surface area contributed by atoms with Gasteiger partial charge in [-0.05, 0) is 41.0 Å². The minimum absolute atomic E-state index is 0.0156. The zero-order chi connectivity index (χ0) is 26.6. The number of hydrogen-bond acceptors (Lipinski definition) is 4. The number of carboxylic acid groups (broad SMARTS) is 1. The number of fused-ring (bicyclic) bond motifs is 1. The third kappa shape index (κ3) is 3.96. The molecule has 4 rings (SSSR count). The quantitative estimate of drug-likeness (QED) is 0.393. The lowest BCUT2D eigenvalue weighted by Gasteiger charge is -2.37. The largest absolute Gasteiger partial charge is 0.477 e. The average molecular weight is 520 g/mol. The van der Waals surface area contributed by atoms with E-state index < -0.39 is 34.9 Å². The number of aryl methyl sites for hydroxylation is 2. The van der Waals surface area contributed by atoms with Crippen LogP contribution < -0.4 is 5.69 Å². The van der Waals surface area contributed by atoms with E-state index in [1.54, 1.807) is 0 Å². The highest BCUT2D eigenvalue weighted by Crippen LogP contribution is 2.50. The average Bonchev–Trinajstić information content (AvgIpc) is 3.05. The van der Waals surface area contributed by atoms with Gasteiger partial charge in [-0.3, -0.25) is 9.13 Å². The lowest BCUT2D eigenvalue weighted by atomic mass is 9.77. The first-order chi connectivity index (χ1) is 16.8. The summed E-state index contributed by atoms with van der Waals surface area (Å²) in [5, 5.41) is 20.2. The molecule has 36 heavy (non-hydrogen) atoms. The maximum atomic E-state index is 14.5. The van der Waals surface area contributed by atoms with Crippen molar-refractivity contribution in [1.29, 1.82) is 0 Å². The van der Waals surface area contributed by atoms with Gasteiger partial charge in [0, 0.05) is 36.8 Å². The summed E-state index contributed by atoms with van der Waals surface area (Å²) in [5.41, 5.74) is -2.56. The Morgan fingerprint density at radius 1 is 1.00 bits per heavy atom. The van der Waals surface area contributed by atoms with Crippen molar-refractivity contribution >= 4 is 28.6 Å². The summed E-state index contributed by atoms with van der Waals surface area (Å²) in [6.45, 7) is 1.23. The Bertz CT molecular complexity index is 1540. The van der Waals surface area contributed by atoms with E-state index in [0.29, 0.717) is 16.6 Å². The third-order valence-electron chi connectivity index (χ3n) is 6.55. The van der Waals surface area contributed by atoms with Crippen LogP contribution >= 0.6 is 11.6 Å². The van der Waals surface area contributed by atoms with Gasteiger partial charge in [0.25, 0.3) is 0 Å². The number of hydrogen-bond donors (Lipinski definition) is 2.